The van der Waals surface area contributed by atoms with E-state index in [2.05, 4.69) is 10.5 Å². The Hall–Kier alpha value is -0.780. The normalized spacial score (nSPS) is 12.9. The fourth-order valence-corrected chi connectivity index (χ4v) is 3.07. The molecular formula is C14H17Cl3N4. The van der Waals surface area contributed by atoms with E-state index in [0.717, 1.165) is 11.3 Å². The standard InChI is InChI=1S/C14H17Cl3N4/c1-8(2)21-14(12(17)7-19-21)13(20-18)6-9-10(15)4-3-5-11(9)16/h3-5,7-8,13,20H,6,18H2,1-2H3. The van der Waals surface area contributed by atoms with Crippen molar-refractivity contribution in [3.63, 3.8) is 0 Å². The molecule has 0 saturated carbocycles. The van der Waals surface area contributed by atoms with Crippen LogP contribution in [0.4, 0.5) is 0 Å². The van der Waals surface area contributed by atoms with Crippen LogP contribution >= 0.6 is 34.8 Å². The second-order valence-corrected chi connectivity index (χ2v) is 6.26. The summed E-state index contributed by atoms with van der Waals surface area (Å²) in [5.74, 6) is 5.71. The number of nitrogens with zero attached hydrogens (tertiary/aromatic N) is 2. The molecule has 2 rings (SSSR count). The SMILES string of the molecule is CC(C)n1ncc(Cl)c1C(Cc1c(Cl)cccc1Cl)NN. The van der Waals surface area contributed by atoms with Crippen LogP contribution < -0.4 is 11.3 Å². The van der Waals surface area contributed by atoms with E-state index in [9.17, 15) is 0 Å². The third kappa shape index (κ3) is 3.52. The molecule has 1 unspecified atom stereocenters. The Morgan fingerprint density at radius 3 is 2.33 bits per heavy atom. The van der Waals surface area contributed by atoms with Gasteiger partial charge in [0.2, 0.25) is 0 Å². The lowest BCUT2D eigenvalue weighted by Crippen LogP contribution is -2.32. The van der Waals surface area contributed by atoms with Gasteiger partial charge in [0.05, 0.1) is 23.0 Å². The van der Waals surface area contributed by atoms with Crippen molar-refractivity contribution in [2.75, 3.05) is 0 Å². The van der Waals surface area contributed by atoms with Crippen molar-refractivity contribution < 1.29 is 0 Å². The van der Waals surface area contributed by atoms with E-state index in [1.807, 2.05) is 24.6 Å². The summed E-state index contributed by atoms with van der Waals surface area (Å²) in [7, 11) is 0. The van der Waals surface area contributed by atoms with Gasteiger partial charge < -0.3 is 0 Å². The largest absolute Gasteiger partial charge is 0.271 e. The summed E-state index contributed by atoms with van der Waals surface area (Å²) in [6.45, 7) is 4.06. The van der Waals surface area contributed by atoms with Gasteiger partial charge in [-0.2, -0.15) is 5.10 Å². The maximum atomic E-state index is 6.26. The summed E-state index contributed by atoms with van der Waals surface area (Å²) < 4.78 is 1.84. The average Bonchev–Trinajstić information content (AvgIpc) is 2.81. The van der Waals surface area contributed by atoms with Gasteiger partial charge in [0.25, 0.3) is 0 Å². The van der Waals surface area contributed by atoms with E-state index in [1.54, 1.807) is 18.3 Å². The first-order valence-corrected chi connectivity index (χ1v) is 7.71. The van der Waals surface area contributed by atoms with Gasteiger partial charge >= 0.3 is 0 Å². The Bertz CT molecular complexity index is 604. The zero-order chi connectivity index (χ0) is 15.6. The highest BCUT2D eigenvalue weighted by Crippen LogP contribution is 2.32. The molecule has 1 aromatic heterocycles. The molecule has 0 aliphatic rings. The molecule has 0 aliphatic heterocycles. The van der Waals surface area contributed by atoms with Crippen LogP contribution in [-0.4, -0.2) is 9.78 Å². The minimum Gasteiger partial charge on any atom is -0.271 e. The summed E-state index contributed by atoms with van der Waals surface area (Å²) in [5, 5.41) is 6.07. The number of hydrogen-bond donors (Lipinski definition) is 2. The lowest BCUT2D eigenvalue weighted by Gasteiger charge is -2.21. The van der Waals surface area contributed by atoms with Crippen molar-refractivity contribution in [2.24, 2.45) is 5.84 Å². The Labute approximate surface area is 139 Å². The van der Waals surface area contributed by atoms with Crippen LogP contribution in [0, 0.1) is 0 Å². The number of halogens is 3. The Balaban J connectivity index is 2.39. The molecule has 0 amide bonds. The average molecular weight is 348 g/mol. The number of hydrazine groups is 1. The summed E-state index contributed by atoms with van der Waals surface area (Å²) >= 11 is 18.7. The third-order valence-electron chi connectivity index (χ3n) is 3.28. The van der Waals surface area contributed by atoms with Gasteiger partial charge in [-0.05, 0) is 38.0 Å². The molecule has 0 saturated heterocycles. The molecule has 0 radical (unpaired) electrons. The minimum absolute atomic E-state index is 0.171. The summed E-state index contributed by atoms with van der Waals surface area (Å²) in [6, 6.07) is 5.35. The van der Waals surface area contributed by atoms with Crippen LogP contribution in [0.2, 0.25) is 15.1 Å². The predicted octanol–water partition coefficient (Wildman–Crippen LogP) is 4.17. The second kappa shape index (κ2) is 6.99. The number of hydrogen-bond acceptors (Lipinski definition) is 3. The van der Waals surface area contributed by atoms with Gasteiger partial charge in [0.15, 0.2) is 0 Å². The molecule has 21 heavy (non-hydrogen) atoms. The Morgan fingerprint density at radius 2 is 1.81 bits per heavy atom. The summed E-state index contributed by atoms with van der Waals surface area (Å²) in [4.78, 5) is 0. The molecule has 0 aliphatic carbocycles. The van der Waals surface area contributed by atoms with Gasteiger partial charge in [-0.15, -0.1) is 0 Å². The maximum absolute atomic E-state index is 6.26. The Morgan fingerprint density at radius 1 is 1.19 bits per heavy atom. The molecule has 7 heteroatoms. The van der Waals surface area contributed by atoms with E-state index in [-0.39, 0.29) is 12.1 Å². The van der Waals surface area contributed by atoms with E-state index in [1.165, 1.54) is 0 Å². The van der Waals surface area contributed by atoms with Crippen molar-refractivity contribution in [1.29, 1.82) is 0 Å². The smallest absolute Gasteiger partial charge is 0.0834 e. The van der Waals surface area contributed by atoms with Gasteiger partial charge in [0, 0.05) is 16.1 Å². The molecular weight excluding hydrogens is 331 g/mol. The highest BCUT2D eigenvalue weighted by atomic mass is 35.5. The van der Waals surface area contributed by atoms with Crippen LogP contribution in [0.25, 0.3) is 0 Å². The van der Waals surface area contributed by atoms with Crippen molar-refractivity contribution in [3.05, 3.63) is 50.7 Å². The van der Waals surface area contributed by atoms with E-state index < -0.39 is 0 Å². The van der Waals surface area contributed by atoms with Gasteiger partial charge in [0.1, 0.15) is 0 Å². The number of rotatable bonds is 5. The lowest BCUT2D eigenvalue weighted by molar-refractivity contribution is 0.448. The first kappa shape index (κ1) is 16.6. The fourth-order valence-electron chi connectivity index (χ4n) is 2.25. The molecule has 0 bridgehead atoms. The van der Waals surface area contributed by atoms with Crippen LogP contribution in [-0.2, 0) is 6.42 Å². The number of aromatic nitrogens is 2. The zero-order valence-electron chi connectivity index (χ0n) is 11.8. The third-order valence-corrected chi connectivity index (χ3v) is 4.28. The molecule has 3 N–H and O–H groups in total. The molecule has 2 aromatic rings. The monoisotopic (exact) mass is 346 g/mol. The van der Waals surface area contributed by atoms with E-state index >= 15 is 0 Å². The van der Waals surface area contributed by atoms with Crippen LogP contribution in [0.15, 0.2) is 24.4 Å². The quantitative estimate of drug-likeness (QED) is 0.630. The molecule has 114 valence electrons. The Kier molecular flexibility index (Phi) is 5.52. The highest BCUT2D eigenvalue weighted by Gasteiger charge is 2.23. The molecule has 4 nitrogen and oxygen atoms in total. The molecule has 1 heterocycles. The second-order valence-electron chi connectivity index (χ2n) is 5.04. The first-order valence-electron chi connectivity index (χ1n) is 6.57. The van der Waals surface area contributed by atoms with E-state index in [0.29, 0.717) is 21.5 Å². The topological polar surface area (TPSA) is 55.9 Å². The number of nitrogens with one attached hydrogen (secondary N) is 1. The molecule has 0 fully saturated rings. The van der Waals surface area contributed by atoms with Gasteiger partial charge in [-0.3, -0.25) is 16.0 Å². The van der Waals surface area contributed by atoms with Crippen LogP contribution in [0.3, 0.4) is 0 Å². The predicted molar refractivity (Wildman–Crippen MR) is 87.9 cm³/mol. The van der Waals surface area contributed by atoms with Crippen LogP contribution in [0.1, 0.15) is 37.2 Å². The molecule has 0 spiro atoms. The highest BCUT2D eigenvalue weighted by molar-refractivity contribution is 6.36. The minimum atomic E-state index is -0.236. The fraction of sp³-hybridized carbons (Fsp3) is 0.357. The summed E-state index contributed by atoms with van der Waals surface area (Å²) in [6.07, 6.45) is 2.14. The van der Waals surface area contributed by atoms with Crippen molar-refractivity contribution in [3.8, 4) is 0 Å². The van der Waals surface area contributed by atoms with Crippen molar-refractivity contribution >= 4 is 34.8 Å². The van der Waals surface area contributed by atoms with Crippen LogP contribution in [0.5, 0.6) is 0 Å². The van der Waals surface area contributed by atoms with Crippen molar-refractivity contribution in [2.45, 2.75) is 32.4 Å². The molecule has 1 atom stereocenters. The van der Waals surface area contributed by atoms with E-state index in [4.69, 9.17) is 40.6 Å². The number of nitrogens with two attached hydrogens (primary N) is 1. The zero-order valence-corrected chi connectivity index (χ0v) is 14.0. The first-order chi connectivity index (χ1) is 9.95. The molecule has 1 aromatic carbocycles. The van der Waals surface area contributed by atoms with Gasteiger partial charge in [-0.1, -0.05) is 40.9 Å². The van der Waals surface area contributed by atoms with Gasteiger partial charge in [-0.25, -0.2) is 0 Å². The maximum Gasteiger partial charge on any atom is 0.0834 e. The van der Waals surface area contributed by atoms with Crippen molar-refractivity contribution in [1.82, 2.24) is 15.2 Å². The number of benzene rings is 1. The lowest BCUT2D eigenvalue weighted by atomic mass is 10.0. The summed E-state index contributed by atoms with van der Waals surface area (Å²) in [5.41, 5.74) is 4.44.